The van der Waals surface area contributed by atoms with Gasteiger partial charge in [-0.1, -0.05) is 26.0 Å². The van der Waals surface area contributed by atoms with E-state index >= 15 is 0 Å². The Labute approximate surface area is 116 Å². The summed E-state index contributed by atoms with van der Waals surface area (Å²) < 4.78 is 0. The van der Waals surface area contributed by atoms with Gasteiger partial charge in [-0.05, 0) is 43.9 Å². The van der Waals surface area contributed by atoms with Gasteiger partial charge in [-0.25, -0.2) is 0 Å². The Morgan fingerprint density at radius 2 is 1.79 bits per heavy atom. The van der Waals surface area contributed by atoms with Gasteiger partial charge in [0.1, 0.15) is 0 Å². The van der Waals surface area contributed by atoms with Crippen molar-refractivity contribution in [2.45, 2.75) is 46.1 Å². The monoisotopic (exact) mass is 263 g/mol. The lowest BCUT2D eigenvalue weighted by Crippen LogP contribution is -2.43. The van der Waals surface area contributed by atoms with Gasteiger partial charge < -0.3 is 10.0 Å². The highest BCUT2D eigenvalue weighted by atomic mass is 16.4. The van der Waals surface area contributed by atoms with Gasteiger partial charge in [0.25, 0.3) is 0 Å². The largest absolute Gasteiger partial charge is 0.481 e. The number of carboxylic acid groups (broad SMARTS) is 1. The van der Waals surface area contributed by atoms with Crippen LogP contribution in [0.1, 0.15) is 39.7 Å². The Hall–Kier alpha value is -1.51. The molecule has 1 aromatic rings. The third-order valence-electron chi connectivity index (χ3n) is 3.46. The first-order valence-corrected chi connectivity index (χ1v) is 6.77. The maximum absolute atomic E-state index is 10.9. The third kappa shape index (κ3) is 4.58. The summed E-state index contributed by atoms with van der Waals surface area (Å²) in [6.45, 7) is 8.30. The van der Waals surface area contributed by atoms with E-state index in [0.717, 1.165) is 12.1 Å². The van der Waals surface area contributed by atoms with E-state index in [0.29, 0.717) is 5.92 Å². The van der Waals surface area contributed by atoms with E-state index in [-0.39, 0.29) is 6.42 Å². The molecular formula is C16H25NO2. The molecule has 3 heteroatoms. The van der Waals surface area contributed by atoms with E-state index in [1.165, 1.54) is 5.56 Å². The van der Waals surface area contributed by atoms with E-state index in [2.05, 4.69) is 38.1 Å². The van der Waals surface area contributed by atoms with Crippen molar-refractivity contribution in [1.82, 2.24) is 0 Å². The van der Waals surface area contributed by atoms with Gasteiger partial charge in [0.2, 0.25) is 0 Å². The van der Waals surface area contributed by atoms with E-state index in [1.807, 2.05) is 25.8 Å². The fourth-order valence-electron chi connectivity index (χ4n) is 2.17. The molecule has 0 aliphatic rings. The molecule has 0 atom stereocenters. The number of carbonyl (C=O) groups is 1. The van der Waals surface area contributed by atoms with Crippen LogP contribution in [0.4, 0.5) is 5.69 Å². The van der Waals surface area contributed by atoms with Crippen LogP contribution in [-0.4, -0.2) is 23.7 Å². The summed E-state index contributed by atoms with van der Waals surface area (Å²) in [6, 6.07) is 8.40. The Bertz CT molecular complexity index is 421. The number of benzene rings is 1. The van der Waals surface area contributed by atoms with Crippen LogP contribution < -0.4 is 4.90 Å². The van der Waals surface area contributed by atoms with E-state index < -0.39 is 11.5 Å². The topological polar surface area (TPSA) is 40.5 Å². The van der Waals surface area contributed by atoms with Crippen LogP contribution in [-0.2, 0) is 11.2 Å². The molecule has 0 heterocycles. The van der Waals surface area contributed by atoms with Crippen molar-refractivity contribution in [3.8, 4) is 0 Å². The third-order valence-corrected chi connectivity index (χ3v) is 3.46. The first kappa shape index (κ1) is 15.5. The number of carboxylic acids is 1. The highest BCUT2D eigenvalue weighted by molar-refractivity contribution is 5.69. The van der Waals surface area contributed by atoms with Crippen LogP contribution >= 0.6 is 0 Å². The molecule has 0 fully saturated rings. The predicted molar refractivity (Wildman–Crippen MR) is 79.7 cm³/mol. The number of aliphatic carboxylic acids is 1. The minimum absolute atomic E-state index is 0.122. The molecule has 1 rings (SSSR count). The highest BCUT2D eigenvalue weighted by Gasteiger charge is 2.26. The number of rotatable bonds is 6. The summed E-state index contributed by atoms with van der Waals surface area (Å²) in [6.07, 6.45) is 1.19. The van der Waals surface area contributed by atoms with Gasteiger partial charge in [-0.15, -0.1) is 0 Å². The van der Waals surface area contributed by atoms with Crippen LogP contribution in [0, 0.1) is 5.92 Å². The molecule has 106 valence electrons. The second kappa shape index (κ2) is 6.09. The molecular weight excluding hydrogens is 238 g/mol. The minimum atomic E-state index is -0.770. The molecule has 0 saturated carbocycles. The Balaban J connectivity index is 2.82. The van der Waals surface area contributed by atoms with Gasteiger partial charge in [-0.3, -0.25) is 4.79 Å². The smallest absolute Gasteiger partial charge is 0.305 e. The van der Waals surface area contributed by atoms with Crippen molar-refractivity contribution >= 4 is 11.7 Å². The van der Waals surface area contributed by atoms with Crippen LogP contribution in [0.15, 0.2) is 24.3 Å². The van der Waals surface area contributed by atoms with Crippen molar-refractivity contribution in [1.29, 1.82) is 0 Å². The highest BCUT2D eigenvalue weighted by Crippen LogP contribution is 2.25. The maximum atomic E-state index is 10.9. The molecule has 19 heavy (non-hydrogen) atoms. The van der Waals surface area contributed by atoms with Crippen LogP contribution in [0.2, 0.25) is 0 Å². The zero-order valence-electron chi connectivity index (χ0n) is 12.6. The van der Waals surface area contributed by atoms with Crippen molar-refractivity contribution < 1.29 is 9.90 Å². The summed E-state index contributed by atoms with van der Waals surface area (Å²) in [5.41, 5.74) is 1.98. The fraction of sp³-hybridized carbons (Fsp3) is 0.562. The summed E-state index contributed by atoms with van der Waals surface area (Å²) in [5.74, 6) is -0.125. The lowest BCUT2D eigenvalue weighted by molar-refractivity contribution is -0.138. The average Bonchev–Trinajstić information content (AvgIpc) is 2.26. The molecule has 0 bridgehead atoms. The van der Waals surface area contributed by atoms with Gasteiger partial charge in [0, 0.05) is 18.3 Å². The molecule has 0 radical (unpaired) electrons. The fourth-order valence-corrected chi connectivity index (χ4v) is 2.17. The van der Waals surface area contributed by atoms with E-state index in [9.17, 15) is 4.79 Å². The lowest BCUT2D eigenvalue weighted by atomic mass is 9.97. The van der Waals surface area contributed by atoms with Gasteiger partial charge in [-0.2, -0.15) is 0 Å². The molecule has 0 aliphatic carbocycles. The average molecular weight is 263 g/mol. The Kier molecular flexibility index (Phi) is 4.98. The number of hydrogen-bond donors (Lipinski definition) is 1. The summed E-state index contributed by atoms with van der Waals surface area (Å²) in [5, 5.41) is 8.96. The molecule has 3 nitrogen and oxygen atoms in total. The zero-order valence-corrected chi connectivity index (χ0v) is 12.6. The maximum Gasteiger partial charge on any atom is 0.305 e. The molecule has 1 N–H and O–H groups in total. The Morgan fingerprint density at radius 3 is 2.21 bits per heavy atom. The van der Waals surface area contributed by atoms with Crippen molar-refractivity contribution in [2.24, 2.45) is 5.92 Å². The molecule has 0 aromatic heterocycles. The second-order valence-corrected chi connectivity index (χ2v) is 6.21. The SMILES string of the molecule is CC(C)Cc1ccc(N(C)C(C)(C)CC(=O)O)cc1. The number of nitrogens with zero attached hydrogens (tertiary/aromatic N) is 1. The van der Waals surface area contributed by atoms with Crippen LogP contribution in [0.25, 0.3) is 0 Å². The lowest BCUT2D eigenvalue weighted by Gasteiger charge is -2.36. The van der Waals surface area contributed by atoms with Gasteiger partial charge in [0.05, 0.1) is 6.42 Å². The van der Waals surface area contributed by atoms with Crippen molar-refractivity contribution in [2.75, 3.05) is 11.9 Å². The quantitative estimate of drug-likeness (QED) is 0.853. The Morgan fingerprint density at radius 1 is 1.26 bits per heavy atom. The molecule has 0 saturated heterocycles. The summed E-state index contributed by atoms with van der Waals surface area (Å²) in [7, 11) is 1.94. The zero-order chi connectivity index (χ0) is 14.6. The second-order valence-electron chi connectivity index (χ2n) is 6.21. The number of anilines is 1. The standard InChI is InChI=1S/C16H25NO2/c1-12(2)10-13-6-8-14(9-7-13)17(5)16(3,4)11-15(18)19/h6-9,12H,10-11H2,1-5H3,(H,18,19). The van der Waals surface area contributed by atoms with Crippen LogP contribution in [0.5, 0.6) is 0 Å². The van der Waals surface area contributed by atoms with E-state index in [1.54, 1.807) is 0 Å². The normalized spacial score (nSPS) is 11.7. The minimum Gasteiger partial charge on any atom is -0.481 e. The van der Waals surface area contributed by atoms with Crippen molar-refractivity contribution in [3.05, 3.63) is 29.8 Å². The number of hydrogen-bond acceptors (Lipinski definition) is 2. The molecule has 0 unspecified atom stereocenters. The van der Waals surface area contributed by atoms with Crippen molar-refractivity contribution in [3.63, 3.8) is 0 Å². The van der Waals surface area contributed by atoms with Gasteiger partial charge in [0.15, 0.2) is 0 Å². The molecule has 0 spiro atoms. The molecule has 1 aromatic carbocycles. The van der Waals surface area contributed by atoms with Gasteiger partial charge >= 0.3 is 5.97 Å². The summed E-state index contributed by atoms with van der Waals surface area (Å²) in [4.78, 5) is 12.9. The first-order chi connectivity index (χ1) is 8.72. The van der Waals surface area contributed by atoms with E-state index in [4.69, 9.17) is 5.11 Å². The summed E-state index contributed by atoms with van der Waals surface area (Å²) >= 11 is 0. The molecule has 0 amide bonds. The first-order valence-electron chi connectivity index (χ1n) is 6.77. The van der Waals surface area contributed by atoms with Crippen LogP contribution in [0.3, 0.4) is 0 Å². The molecule has 0 aliphatic heterocycles. The predicted octanol–water partition coefficient (Wildman–Crippen LogP) is 3.57.